The number of carbonyl (C=O) groups is 1. The molecule has 2 unspecified atom stereocenters. The van der Waals surface area contributed by atoms with E-state index in [0.29, 0.717) is 17.1 Å². The Hall–Kier alpha value is -0.840. The summed E-state index contributed by atoms with van der Waals surface area (Å²) in [6.07, 6.45) is 4.24. The summed E-state index contributed by atoms with van der Waals surface area (Å²) in [6.45, 7) is 0. The largest absolute Gasteiger partial charge is 0.339 e. The van der Waals surface area contributed by atoms with Crippen molar-refractivity contribution >= 4 is 29.9 Å². The maximum absolute atomic E-state index is 13.8. The summed E-state index contributed by atoms with van der Waals surface area (Å²) in [4.78, 5) is 14.1. The molecule has 2 fully saturated rings. The highest BCUT2D eigenvalue weighted by Gasteiger charge is 2.36. The van der Waals surface area contributed by atoms with Crippen LogP contribution in [0.5, 0.6) is 0 Å². The second-order valence-corrected chi connectivity index (χ2v) is 6.24. The van der Waals surface area contributed by atoms with Crippen LogP contribution in [-0.4, -0.2) is 36.0 Å². The molecule has 2 aliphatic rings. The number of fused-ring (bicyclic) bond motifs is 2. The molecule has 0 saturated carbocycles. The first-order valence-electron chi connectivity index (χ1n) is 7.03. The Kier molecular flexibility index (Phi) is 5.12. The summed E-state index contributed by atoms with van der Waals surface area (Å²) in [5, 5.41) is 3.92. The Morgan fingerprint density at radius 1 is 1.33 bits per heavy atom. The van der Waals surface area contributed by atoms with E-state index in [-0.39, 0.29) is 29.9 Å². The SMILES string of the molecule is CN(C(=O)c1cc(Cl)ccc1F)C1CC2CCC(C1)N2.Cl. The lowest BCUT2D eigenvalue weighted by Crippen LogP contribution is -2.48. The summed E-state index contributed by atoms with van der Waals surface area (Å²) in [5.41, 5.74) is 0.0610. The quantitative estimate of drug-likeness (QED) is 0.901. The standard InChI is InChI=1S/C15H18ClFN2O.ClH/c1-19(12-7-10-3-4-11(8-12)18-10)15(20)13-6-9(16)2-5-14(13)17;/h2,5-6,10-12,18H,3-4,7-8H2,1H3;1H. The molecule has 1 aromatic rings. The third-order valence-corrected chi connectivity index (χ3v) is 4.71. The van der Waals surface area contributed by atoms with E-state index in [0.717, 1.165) is 12.8 Å². The van der Waals surface area contributed by atoms with Gasteiger partial charge in [-0.1, -0.05) is 11.6 Å². The van der Waals surface area contributed by atoms with Crippen molar-refractivity contribution in [3.63, 3.8) is 0 Å². The minimum absolute atomic E-state index is 0. The van der Waals surface area contributed by atoms with Crippen LogP contribution in [0.25, 0.3) is 0 Å². The van der Waals surface area contributed by atoms with E-state index >= 15 is 0 Å². The molecule has 2 heterocycles. The summed E-state index contributed by atoms with van der Waals surface area (Å²) in [7, 11) is 1.76. The maximum Gasteiger partial charge on any atom is 0.256 e. The van der Waals surface area contributed by atoms with E-state index in [2.05, 4.69) is 5.32 Å². The molecule has 21 heavy (non-hydrogen) atoms. The average Bonchev–Trinajstić information content (AvgIpc) is 2.78. The van der Waals surface area contributed by atoms with Crippen molar-refractivity contribution in [3.05, 3.63) is 34.6 Å². The van der Waals surface area contributed by atoms with Crippen molar-refractivity contribution in [3.8, 4) is 0 Å². The fourth-order valence-electron chi connectivity index (χ4n) is 3.36. The van der Waals surface area contributed by atoms with Crippen LogP contribution < -0.4 is 5.32 Å². The second kappa shape index (κ2) is 6.51. The maximum atomic E-state index is 13.8. The third-order valence-electron chi connectivity index (χ3n) is 4.48. The summed E-state index contributed by atoms with van der Waals surface area (Å²) < 4.78 is 13.8. The fourth-order valence-corrected chi connectivity index (χ4v) is 3.53. The van der Waals surface area contributed by atoms with Gasteiger partial charge in [0, 0.05) is 30.2 Å². The average molecular weight is 333 g/mol. The van der Waals surface area contributed by atoms with Gasteiger partial charge in [0.25, 0.3) is 5.91 Å². The summed E-state index contributed by atoms with van der Waals surface area (Å²) in [6, 6.07) is 5.29. The predicted octanol–water partition coefficient (Wildman–Crippen LogP) is 3.26. The van der Waals surface area contributed by atoms with E-state index in [1.54, 1.807) is 11.9 Å². The van der Waals surface area contributed by atoms with Gasteiger partial charge < -0.3 is 10.2 Å². The van der Waals surface area contributed by atoms with Crippen molar-refractivity contribution in [2.75, 3.05) is 7.05 Å². The number of rotatable bonds is 2. The number of hydrogen-bond donors (Lipinski definition) is 1. The molecule has 3 nitrogen and oxygen atoms in total. The molecular weight excluding hydrogens is 314 g/mol. The van der Waals surface area contributed by atoms with E-state index in [9.17, 15) is 9.18 Å². The number of hydrogen-bond acceptors (Lipinski definition) is 2. The van der Waals surface area contributed by atoms with E-state index in [4.69, 9.17) is 11.6 Å². The minimum atomic E-state index is -0.511. The number of nitrogens with one attached hydrogen (secondary N) is 1. The highest BCUT2D eigenvalue weighted by Crippen LogP contribution is 2.30. The highest BCUT2D eigenvalue weighted by atomic mass is 35.5. The van der Waals surface area contributed by atoms with Gasteiger partial charge in [-0.3, -0.25) is 4.79 Å². The van der Waals surface area contributed by atoms with Crippen LogP contribution in [-0.2, 0) is 0 Å². The number of benzene rings is 1. The molecule has 0 spiro atoms. The summed E-state index contributed by atoms with van der Waals surface area (Å²) >= 11 is 5.86. The third kappa shape index (κ3) is 3.33. The predicted molar refractivity (Wildman–Crippen MR) is 83.7 cm³/mol. The van der Waals surface area contributed by atoms with Crippen LogP contribution in [0.4, 0.5) is 4.39 Å². The van der Waals surface area contributed by atoms with Crippen LogP contribution >= 0.6 is 24.0 Å². The molecule has 3 rings (SSSR count). The van der Waals surface area contributed by atoms with Crippen LogP contribution in [0.1, 0.15) is 36.0 Å². The normalized spacial score (nSPS) is 27.1. The zero-order chi connectivity index (χ0) is 14.3. The minimum Gasteiger partial charge on any atom is -0.339 e. The monoisotopic (exact) mass is 332 g/mol. The Balaban J connectivity index is 0.00000161. The van der Waals surface area contributed by atoms with E-state index in [1.165, 1.54) is 31.0 Å². The molecule has 2 atom stereocenters. The van der Waals surface area contributed by atoms with Crippen molar-refractivity contribution in [2.24, 2.45) is 0 Å². The Morgan fingerprint density at radius 2 is 1.95 bits per heavy atom. The lowest BCUT2D eigenvalue weighted by atomic mass is 9.98. The topological polar surface area (TPSA) is 32.3 Å². The molecule has 1 amide bonds. The van der Waals surface area contributed by atoms with Gasteiger partial charge in [-0.05, 0) is 43.9 Å². The lowest BCUT2D eigenvalue weighted by Gasteiger charge is -2.35. The van der Waals surface area contributed by atoms with Gasteiger partial charge in [0.15, 0.2) is 0 Å². The molecule has 2 saturated heterocycles. The van der Waals surface area contributed by atoms with E-state index < -0.39 is 5.82 Å². The molecular formula is C15H19Cl2FN2O. The summed E-state index contributed by atoms with van der Waals surface area (Å²) in [5.74, 6) is -0.792. The Labute approximate surface area is 135 Å². The van der Waals surface area contributed by atoms with Crippen LogP contribution in [0.2, 0.25) is 5.02 Å². The second-order valence-electron chi connectivity index (χ2n) is 5.80. The first-order valence-corrected chi connectivity index (χ1v) is 7.40. The van der Waals surface area contributed by atoms with Gasteiger partial charge in [-0.25, -0.2) is 4.39 Å². The van der Waals surface area contributed by atoms with Gasteiger partial charge in [0.05, 0.1) is 5.56 Å². The Bertz CT molecular complexity index is 528. The molecule has 1 N–H and O–H groups in total. The first kappa shape index (κ1) is 16.5. The van der Waals surface area contributed by atoms with Gasteiger partial charge >= 0.3 is 0 Å². The lowest BCUT2D eigenvalue weighted by molar-refractivity contribution is 0.0677. The van der Waals surface area contributed by atoms with Gasteiger partial charge in [0.1, 0.15) is 5.82 Å². The van der Waals surface area contributed by atoms with Crippen LogP contribution in [0.3, 0.4) is 0 Å². The molecule has 116 valence electrons. The molecule has 2 aliphatic heterocycles. The zero-order valence-electron chi connectivity index (χ0n) is 11.8. The van der Waals surface area contributed by atoms with Crippen molar-refractivity contribution < 1.29 is 9.18 Å². The fraction of sp³-hybridized carbons (Fsp3) is 0.533. The smallest absolute Gasteiger partial charge is 0.256 e. The number of piperidine rings is 1. The van der Waals surface area contributed by atoms with Crippen molar-refractivity contribution in [1.29, 1.82) is 0 Å². The number of nitrogens with zero attached hydrogens (tertiary/aromatic N) is 1. The molecule has 6 heteroatoms. The zero-order valence-corrected chi connectivity index (χ0v) is 13.4. The van der Waals surface area contributed by atoms with Gasteiger partial charge in [-0.15, -0.1) is 12.4 Å². The Morgan fingerprint density at radius 3 is 2.57 bits per heavy atom. The molecule has 0 aromatic heterocycles. The van der Waals surface area contributed by atoms with Crippen LogP contribution in [0.15, 0.2) is 18.2 Å². The molecule has 2 bridgehead atoms. The van der Waals surface area contributed by atoms with Crippen molar-refractivity contribution in [2.45, 2.75) is 43.8 Å². The van der Waals surface area contributed by atoms with Gasteiger partial charge in [0.2, 0.25) is 0 Å². The number of amides is 1. The molecule has 0 radical (unpaired) electrons. The van der Waals surface area contributed by atoms with E-state index in [1.807, 2.05) is 0 Å². The van der Waals surface area contributed by atoms with Gasteiger partial charge in [-0.2, -0.15) is 0 Å². The number of halogens is 3. The molecule has 0 aliphatic carbocycles. The number of carbonyl (C=O) groups excluding carboxylic acids is 1. The molecule has 1 aromatic carbocycles. The van der Waals surface area contributed by atoms with Crippen LogP contribution in [0, 0.1) is 5.82 Å². The highest BCUT2D eigenvalue weighted by molar-refractivity contribution is 6.31. The van der Waals surface area contributed by atoms with Crippen molar-refractivity contribution in [1.82, 2.24) is 10.2 Å². The first-order chi connectivity index (χ1) is 9.54.